The number of thiocarbonyl (C=S) groups is 1. The lowest BCUT2D eigenvalue weighted by atomic mass is 9.99. The van der Waals surface area contributed by atoms with E-state index < -0.39 is 0 Å². The average molecular weight is 319 g/mol. The third kappa shape index (κ3) is 4.23. The molecule has 2 rings (SSSR count). The van der Waals surface area contributed by atoms with E-state index in [0.29, 0.717) is 13.2 Å². The van der Waals surface area contributed by atoms with Crippen LogP contribution in [0.5, 0.6) is 11.5 Å². The first-order valence-electron chi connectivity index (χ1n) is 7.95. The Balaban J connectivity index is 2.14. The summed E-state index contributed by atoms with van der Waals surface area (Å²) in [6.07, 6.45) is 4.14. The molecule has 1 aliphatic heterocycles. The van der Waals surface area contributed by atoms with Crippen molar-refractivity contribution in [2.75, 3.05) is 26.3 Å². The van der Waals surface area contributed by atoms with Gasteiger partial charge in [-0.2, -0.15) is 0 Å². The highest BCUT2D eigenvalue weighted by Gasteiger charge is 2.19. The van der Waals surface area contributed by atoms with Crippen molar-refractivity contribution in [1.82, 2.24) is 4.90 Å². The van der Waals surface area contributed by atoms with Crippen molar-refractivity contribution in [3.63, 3.8) is 0 Å². The lowest BCUT2D eigenvalue weighted by Gasteiger charge is -2.32. The number of rotatable bonds is 6. The maximum atomic E-state index is 5.69. The van der Waals surface area contributed by atoms with Crippen LogP contribution >= 0.6 is 12.2 Å². The molecule has 0 radical (unpaired) electrons. The SMILES string of the molecule is C=CCOc1ccc(C(=S)N2CCC(C)CC2)cc1OCC. The molecule has 0 unspecified atom stereocenters. The molecule has 0 saturated carbocycles. The molecule has 1 aromatic carbocycles. The normalized spacial score (nSPS) is 15.5. The van der Waals surface area contributed by atoms with Crippen LogP contribution in [0.1, 0.15) is 32.3 Å². The van der Waals surface area contributed by atoms with Crippen molar-refractivity contribution >= 4 is 17.2 Å². The van der Waals surface area contributed by atoms with Crippen molar-refractivity contribution in [3.8, 4) is 11.5 Å². The summed E-state index contributed by atoms with van der Waals surface area (Å²) in [5.74, 6) is 2.28. The first kappa shape index (κ1) is 16.8. The summed E-state index contributed by atoms with van der Waals surface area (Å²) in [4.78, 5) is 3.20. The van der Waals surface area contributed by atoms with Crippen molar-refractivity contribution in [2.45, 2.75) is 26.7 Å². The summed E-state index contributed by atoms with van der Waals surface area (Å²) < 4.78 is 11.3. The van der Waals surface area contributed by atoms with Crippen LogP contribution in [0.4, 0.5) is 0 Å². The van der Waals surface area contributed by atoms with E-state index in [-0.39, 0.29) is 0 Å². The molecule has 0 bridgehead atoms. The minimum absolute atomic E-state index is 0.466. The number of ether oxygens (including phenoxy) is 2. The number of benzene rings is 1. The smallest absolute Gasteiger partial charge is 0.161 e. The van der Waals surface area contributed by atoms with E-state index in [4.69, 9.17) is 21.7 Å². The van der Waals surface area contributed by atoms with Gasteiger partial charge in [0.25, 0.3) is 0 Å². The number of nitrogens with zero attached hydrogens (tertiary/aromatic N) is 1. The number of likely N-dealkylation sites (tertiary alicyclic amines) is 1. The van der Waals surface area contributed by atoms with Crippen LogP contribution in [0.3, 0.4) is 0 Å². The van der Waals surface area contributed by atoms with Gasteiger partial charge >= 0.3 is 0 Å². The second kappa shape index (κ2) is 8.18. The fraction of sp³-hybridized carbons (Fsp3) is 0.500. The standard InChI is InChI=1S/C18H25NO2S/c1-4-12-21-16-7-6-15(13-17(16)20-5-2)18(22)19-10-8-14(3)9-11-19/h4,6-7,13-14H,1,5,8-12H2,2-3H3. The van der Waals surface area contributed by atoms with Crippen LogP contribution in [0.15, 0.2) is 30.9 Å². The molecular weight excluding hydrogens is 294 g/mol. The Bertz CT molecular complexity index is 522. The molecule has 1 aliphatic rings. The van der Waals surface area contributed by atoms with Gasteiger partial charge in [-0.1, -0.05) is 31.8 Å². The van der Waals surface area contributed by atoms with Crippen LogP contribution in [0.2, 0.25) is 0 Å². The molecule has 1 fully saturated rings. The molecule has 1 saturated heterocycles. The fourth-order valence-corrected chi connectivity index (χ4v) is 2.88. The van der Waals surface area contributed by atoms with E-state index in [9.17, 15) is 0 Å². The van der Waals surface area contributed by atoms with Gasteiger partial charge in [0.15, 0.2) is 11.5 Å². The van der Waals surface area contributed by atoms with Crippen LogP contribution in [0, 0.1) is 5.92 Å². The molecule has 0 amide bonds. The average Bonchev–Trinajstić information content (AvgIpc) is 2.54. The molecule has 3 nitrogen and oxygen atoms in total. The zero-order chi connectivity index (χ0) is 15.9. The molecule has 4 heteroatoms. The van der Waals surface area contributed by atoms with E-state index in [2.05, 4.69) is 18.4 Å². The van der Waals surface area contributed by atoms with Gasteiger partial charge in [-0.25, -0.2) is 0 Å². The summed E-state index contributed by atoms with van der Waals surface area (Å²) >= 11 is 5.67. The quantitative estimate of drug-likeness (QED) is 0.582. The highest BCUT2D eigenvalue weighted by atomic mass is 32.1. The van der Waals surface area contributed by atoms with Gasteiger partial charge in [0.2, 0.25) is 0 Å². The third-order valence-corrected chi connectivity index (χ3v) is 4.41. The largest absolute Gasteiger partial charge is 0.490 e. The molecule has 0 aromatic heterocycles. The van der Waals surface area contributed by atoms with Gasteiger partial charge in [-0.15, -0.1) is 0 Å². The first-order valence-corrected chi connectivity index (χ1v) is 8.36. The molecular formula is C18H25NO2S. The number of piperidine rings is 1. The van der Waals surface area contributed by atoms with Gasteiger partial charge < -0.3 is 14.4 Å². The lowest BCUT2D eigenvalue weighted by molar-refractivity contribution is 0.283. The first-order chi connectivity index (χ1) is 10.7. The second-order valence-corrected chi connectivity index (χ2v) is 6.06. The molecule has 0 atom stereocenters. The molecule has 1 heterocycles. The van der Waals surface area contributed by atoms with Crippen molar-refractivity contribution in [1.29, 1.82) is 0 Å². The van der Waals surface area contributed by atoms with Gasteiger partial charge in [-0.3, -0.25) is 0 Å². The molecule has 0 spiro atoms. The van der Waals surface area contributed by atoms with Gasteiger partial charge in [0, 0.05) is 18.7 Å². The van der Waals surface area contributed by atoms with Crippen molar-refractivity contribution in [2.24, 2.45) is 5.92 Å². The third-order valence-electron chi connectivity index (χ3n) is 3.92. The Hall–Kier alpha value is -1.55. The Morgan fingerprint density at radius 3 is 2.68 bits per heavy atom. The lowest BCUT2D eigenvalue weighted by Crippen LogP contribution is -2.37. The summed E-state index contributed by atoms with van der Waals surface area (Å²) in [5.41, 5.74) is 1.03. The molecule has 1 aromatic rings. The van der Waals surface area contributed by atoms with E-state index in [1.165, 1.54) is 12.8 Å². The monoisotopic (exact) mass is 319 g/mol. The van der Waals surface area contributed by atoms with Crippen LogP contribution in [0.25, 0.3) is 0 Å². The predicted molar refractivity (Wildman–Crippen MR) is 95.0 cm³/mol. The van der Waals surface area contributed by atoms with E-state index in [1.807, 2.05) is 25.1 Å². The minimum Gasteiger partial charge on any atom is -0.490 e. The zero-order valence-electron chi connectivity index (χ0n) is 13.5. The topological polar surface area (TPSA) is 21.7 Å². The number of hydrogen-bond donors (Lipinski definition) is 0. The van der Waals surface area contributed by atoms with E-state index in [0.717, 1.165) is 41.1 Å². The van der Waals surface area contributed by atoms with Crippen LogP contribution in [-0.4, -0.2) is 36.2 Å². The predicted octanol–water partition coefficient (Wildman–Crippen LogP) is 4.06. The Kier molecular flexibility index (Phi) is 6.25. The van der Waals surface area contributed by atoms with Gasteiger partial charge in [0.05, 0.1) is 6.61 Å². The summed E-state index contributed by atoms with van der Waals surface area (Å²) in [6, 6.07) is 5.94. The maximum absolute atomic E-state index is 5.69. The van der Waals surface area contributed by atoms with Crippen LogP contribution in [-0.2, 0) is 0 Å². The summed E-state index contributed by atoms with van der Waals surface area (Å²) in [6.45, 7) is 11.1. The molecule has 0 N–H and O–H groups in total. The Morgan fingerprint density at radius 1 is 1.32 bits per heavy atom. The number of hydrogen-bond acceptors (Lipinski definition) is 3. The zero-order valence-corrected chi connectivity index (χ0v) is 14.3. The Morgan fingerprint density at radius 2 is 2.05 bits per heavy atom. The summed E-state index contributed by atoms with van der Waals surface area (Å²) in [5, 5.41) is 0. The van der Waals surface area contributed by atoms with Crippen molar-refractivity contribution in [3.05, 3.63) is 36.4 Å². The maximum Gasteiger partial charge on any atom is 0.161 e. The highest BCUT2D eigenvalue weighted by molar-refractivity contribution is 7.80. The van der Waals surface area contributed by atoms with Gasteiger partial charge in [-0.05, 0) is 43.9 Å². The van der Waals surface area contributed by atoms with E-state index >= 15 is 0 Å². The highest BCUT2D eigenvalue weighted by Crippen LogP contribution is 2.30. The van der Waals surface area contributed by atoms with Gasteiger partial charge in [0.1, 0.15) is 11.6 Å². The second-order valence-electron chi connectivity index (χ2n) is 5.67. The minimum atomic E-state index is 0.466. The van der Waals surface area contributed by atoms with E-state index in [1.54, 1.807) is 6.08 Å². The van der Waals surface area contributed by atoms with Crippen LogP contribution < -0.4 is 9.47 Å². The van der Waals surface area contributed by atoms with Crippen molar-refractivity contribution < 1.29 is 9.47 Å². The molecule has 120 valence electrons. The molecule has 0 aliphatic carbocycles. The summed E-state index contributed by atoms with van der Waals surface area (Å²) in [7, 11) is 0. The fourth-order valence-electron chi connectivity index (χ4n) is 2.57. The Labute approximate surface area is 138 Å². The molecule has 22 heavy (non-hydrogen) atoms.